The summed E-state index contributed by atoms with van der Waals surface area (Å²) < 4.78 is 0. The number of hydrogen-bond donors (Lipinski definition) is 1. The van der Waals surface area contributed by atoms with Gasteiger partial charge in [0, 0.05) is 6.04 Å². The lowest BCUT2D eigenvalue weighted by atomic mass is 10.6. The van der Waals surface area contributed by atoms with Crippen LogP contribution in [0, 0.1) is 0 Å². The molecule has 1 nitrogen and oxygen atoms in total. The molecule has 0 unspecified atom stereocenters. The molecule has 2 heteroatoms. The first-order valence-electron chi connectivity index (χ1n) is 2.56. The molecule has 0 bridgehead atoms. The minimum Gasteiger partial charge on any atom is -0.377 e. The summed E-state index contributed by atoms with van der Waals surface area (Å²) in [6.45, 7) is 1.92. The van der Waals surface area contributed by atoms with Crippen LogP contribution in [0.3, 0.4) is 0 Å². The van der Waals surface area contributed by atoms with E-state index < -0.39 is 0 Å². The summed E-state index contributed by atoms with van der Waals surface area (Å²) in [7, 11) is 0. The molecule has 1 aliphatic rings. The number of rotatable bonds is 1. The normalized spacial score (nSPS) is 19.0. The topological polar surface area (TPSA) is 12.0 Å². The molecule has 1 rings (SSSR count). The van der Waals surface area contributed by atoms with Crippen LogP contribution in [0.4, 0.5) is 0 Å². The predicted octanol–water partition coefficient (Wildman–Crippen LogP) is 1.09. The van der Waals surface area contributed by atoms with E-state index >= 15 is 0 Å². The molecule has 0 radical (unpaired) electrons. The van der Waals surface area contributed by atoms with Crippen LogP contribution in [0.15, 0.2) is 0 Å². The Balaban J connectivity index is 2.08. The minimum atomic E-state index is 0.734. The Morgan fingerprint density at radius 2 is 2.29 bits per heavy atom. The molecule has 0 aromatic carbocycles. The number of nitrogens with one attached hydrogen (secondary N) is 1. The lowest BCUT2D eigenvalue weighted by Gasteiger charge is -1.95. The molecule has 0 aliphatic heterocycles. The molecule has 40 valence electrons. The molecule has 0 saturated heterocycles. The highest BCUT2D eigenvalue weighted by molar-refractivity contribution is 7.80. The lowest BCUT2D eigenvalue weighted by molar-refractivity contribution is 0.918. The fraction of sp³-hybridized carbons (Fsp3) is 0.800. The Morgan fingerprint density at radius 1 is 1.71 bits per heavy atom. The highest BCUT2D eigenvalue weighted by Crippen LogP contribution is 2.18. The van der Waals surface area contributed by atoms with Crippen molar-refractivity contribution in [3.63, 3.8) is 0 Å². The maximum Gasteiger partial charge on any atom is 0.0724 e. The fourth-order valence-corrected chi connectivity index (χ4v) is 0.682. The molecule has 0 spiro atoms. The van der Waals surface area contributed by atoms with Crippen LogP contribution in [0.25, 0.3) is 0 Å². The summed E-state index contributed by atoms with van der Waals surface area (Å²) in [6.07, 6.45) is 2.63. The van der Waals surface area contributed by atoms with E-state index in [4.69, 9.17) is 12.2 Å². The van der Waals surface area contributed by atoms with E-state index in [2.05, 4.69) is 5.32 Å². The smallest absolute Gasteiger partial charge is 0.0724 e. The molecule has 0 atom stereocenters. The largest absolute Gasteiger partial charge is 0.377 e. The van der Waals surface area contributed by atoms with Gasteiger partial charge < -0.3 is 5.32 Å². The number of thiocarbonyl (C=S) groups is 1. The van der Waals surface area contributed by atoms with Crippen molar-refractivity contribution in [2.75, 3.05) is 0 Å². The van der Waals surface area contributed by atoms with E-state index in [0.29, 0.717) is 0 Å². The summed E-state index contributed by atoms with van der Waals surface area (Å²) in [6, 6.07) is 0.734. The second-order valence-electron chi connectivity index (χ2n) is 1.97. The minimum absolute atomic E-state index is 0.734. The van der Waals surface area contributed by atoms with Crippen LogP contribution in [0.1, 0.15) is 19.8 Å². The first kappa shape index (κ1) is 5.04. The summed E-state index contributed by atoms with van der Waals surface area (Å²) in [5.41, 5.74) is 0. The monoisotopic (exact) mass is 115 g/mol. The Labute approximate surface area is 49.1 Å². The third-order valence-corrected chi connectivity index (χ3v) is 1.10. The maximum absolute atomic E-state index is 4.80. The quantitative estimate of drug-likeness (QED) is 0.513. The highest BCUT2D eigenvalue weighted by Gasteiger charge is 2.20. The van der Waals surface area contributed by atoms with E-state index in [-0.39, 0.29) is 0 Å². The van der Waals surface area contributed by atoms with Gasteiger partial charge in [-0.1, -0.05) is 12.2 Å². The molecule has 0 aromatic heterocycles. The first-order chi connectivity index (χ1) is 3.29. The summed E-state index contributed by atoms with van der Waals surface area (Å²) >= 11 is 4.80. The van der Waals surface area contributed by atoms with Crippen molar-refractivity contribution >= 4 is 17.2 Å². The molecule has 0 aromatic rings. The standard InChI is InChI=1S/C5H9NS/c1-4(7)6-5-2-3-5/h5H,2-3H2,1H3,(H,6,7). The lowest BCUT2D eigenvalue weighted by Crippen LogP contribution is -2.19. The fourth-order valence-electron chi connectivity index (χ4n) is 0.515. The third-order valence-electron chi connectivity index (χ3n) is 0.985. The maximum atomic E-state index is 4.80. The van der Waals surface area contributed by atoms with Gasteiger partial charge in [-0.3, -0.25) is 0 Å². The van der Waals surface area contributed by atoms with Crippen molar-refractivity contribution in [2.24, 2.45) is 0 Å². The van der Waals surface area contributed by atoms with Gasteiger partial charge in [0.05, 0.1) is 4.99 Å². The van der Waals surface area contributed by atoms with Crippen molar-refractivity contribution in [3.05, 3.63) is 0 Å². The SMILES string of the molecule is CC(=S)NC1CC1. The summed E-state index contributed by atoms with van der Waals surface area (Å²) in [5, 5.41) is 3.15. The van der Waals surface area contributed by atoms with Crippen molar-refractivity contribution in [1.82, 2.24) is 5.32 Å². The van der Waals surface area contributed by atoms with Gasteiger partial charge in [0.15, 0.2) is 0 Å². The molecule has 0 amide bonds. The van der Waals surface area contributed by atoms with Crippen LogP contribution in [-0.4, -0.2) is 11.0 Å². The summed E-state index contributed by atoms with van der Waals surface area (Å²) in [4.78, 5) is 0.933. The Bertz CT molecular complexity index is 86.1. The molecule has 1 saturated carbocycles. The van der Waals surface area contributed by atoms with Crippen LogP contribution in [0.5, 0.6) is 0 Å². The van der Waals surface area contributed by atoms with E-state index in [1.165, 1.54) is 12.8 Å². The second kappa shape index (κ2) is 1.78. The van der Waals surface area contributed by atoms with E-state index in [1.54, 1.807) is 0 Å². The van der Waals surface area contributed by atoms with Crippen LogP contribution < -0.4 is 5.32 Å². The summed E-state index contributed by atoms with van der Waals surface area (Å²) in [5.74, 6) is 0. The van der Waals surface area contributed by atoms with Crippen molar-refractivity contribution in [1.29, 1.82) is 0 Å². The van der Waals surface area contributed by atoms with Gasteiger partial charge in [-0.25, -0.2) is 0 Å². The van der Waals surface area contributed by atoms with Gasteiger partial charge in [-0.15, -0.1) is 0 Å². The Morgan fingerprint density at radius 3 is 2.43 bits per heavy atom. The van der Waals surface area contributed by atoms with Gasteiger partial charge in [0.2, 0.25) is 0 Å². The van der Waals surface area contributed by atoms with Crippen molar-refractivity contribution in [3.8, 4) is 0 Å². The van der Waals surface area contributed by atoms with Crippen LogP contribution in [0.2, 0.25) is 0 Å². The Hall–Kier alpha value is -0.110. The van der Waals surface area contributed by atoms with Crippen LogP contribution >= 0.6 is 12.2 Å². The number of hydrogen-bond acceptors (Lipinski definition) is 1. The second-order valence-corrected chi connectivity index (χ2v) is 2.59. The van der Waals surface area contributed by atoms with E-state index in [1.807, 2.05) is 6.92 Å². The van der Waals surface area contributed by atoms with Gasteiger partial charge in [-0.2, -0.15) is 0 Å². The van der Waals surface area contributed by atoms with Gasteiger partial charge in [-0.05, 0) is 19.8 Å². The molecule has 7 heavy (non-hydrogen) atoms. The van der Waals surface area contributed by atoms with E-state index in [9.17, 15) is 0 Å². The highest BCUT2D eigenvalue weighted by atomic mass is 32.1. The first-order valence-corrected chi connectivity index (χ1v) is 2.97. The average Bonchev–Trinajstić information content (AvgIpc) is 2.17. The molecular formula is C5H9NS. The van der Waals surface area contributed by atoms with Crippen molar-refractivity contribution in [2.45, 2.75) is 25.8 Å². The Kier molecular flexibility index (Phi) is 1.28. The van der Waals surface area contributed by atoms with Gasteiger partial charge >= 0.3 is 0 Å². The molecule has 1 N–H and O–H groups in total. The van der Waals surface area contributed by atoms with Gasteiger partial charge in [0.25, 0.3) is 0 Å². The molecule has 1 fully saturated rings. The predicted molar refractivity (Wildman–Crippen MR) is 34.4 cm³/mol. The van der Waals surface area contributed by atoms with Crippen molar-refractivity contribution < 1.29 is 0 Å². The zero-order valence-corrected chi connectivity index (χ0v) is 5.22. The molecule has 0 heterocycles. The zero-order chi connectivity index (χ0) is 5.28. The van der Waals surface area contributed by atoms with Crippen LogP contribution in [-0.2, 0) is 0 Å². The average molecular weight is 115 g/mol. The van der Waals surface area contributed by atoms with E-state index in [0.717, 1.165) is 11.0 Å². The molecular weight excluding hydrogens is 106 g/mol. The zero-order valence-electron chi connectivity index (χ0n) is 4.40. The molecule has 1 aliphatic carbocycles. The van der Waals surface area contributed by atoms with Gasteiger partial charge in [0.1, 0.15) is 0 Å². The third kappa shape index (κ3) is 1.88.